The van der Waals surface area contributed by atoms with Gasteiger partial charge in [0.15, 0.2) is 0 Å². The summed E-state index contributed by atoms with van der Waals surface area (Å²) in [6, 6.07) is 34.3. The molecule has 182 valence electrons. The largest absolute Gasteiger partial charge is 4.00 e. The minimum Gasteiger partial charge on any atom is -1.00 e. The van der Waals surface area contributed by atoms with Crippen molar-refractivity contribution in [3.05, 3.63) is 136 Å². The number of rotatable bonds is 7. The summed E-state index contributed by atoms with van der Waals surface area (Å²) in [6.45, 7) is 8.84. The van der Waals surface area contributed by atoms with Crippen molar-refractivity contribution in [3.8, 4) is 0 Å². The fourth-order valence-electron chi connectivity index (χ4n) is 4.90. The molecular weight excluding hydrogens is 527 g/mol. The number of halogens is 3. The molecule has 0 aliphatic rings. The number of aryl methyl sites for hydroxylation is 4. The average molecular weight is 560 g/mol. The molecule has 0 saturated carbocycles. The van der Waals surface area contributed by atoms with E-state index >= 15 is 0 Å². The summed E-state index contributed by atoms with van der Waals surface area (Å²) >= 11 is 0. The first-order valence-electron chi connectivity index (χ1n) is 11.5. The van der Waals surface area contributed by atoms with Crippen molar-refractivity contribution in [2.45, 2.75) is 52.4 Å². The molecular formula is C31H33Cl3Ti. The molecule has 0 unspecified atom stereocenters. The van der Waals surface area contributed by atoms with Crippen LogP contribution in [0, 0.1) is 20.8 Å². The minimum absolute atomic E-state index is 0. The van der Waals surface area contributed by atoms with Crippen LogP contribution in [0.3, 0.4) is 0 Å². The van der Waals surface area contributed by atoms with Crippen molar-refractivity contribution in [1.29, 1.82) is 0 Å². The minimum atomic E-state index is -0.339. The van der Waals surface area contributed by atoms with Gasteiger partial charge in [0, 0.05) is 5.41 Å². The third kappa shape index (κ3) is 7.09. The van der Waals surface area contributed by atoms with Crippen LogP contribution in [0.25, 0.3) is 0 Å². The number of benzene rings is 3. The van der Waals surface area contributed by atoms with Gasteiger partial charge in [-0.2, -0.15) is 17.7 Å². The van der Waals surface area contributed by atoms with Crippen molar-refractivity contribution in [2.24, 2.45) is 0 Å². The van der Waals surface area contributed by atoms with Crippen molar-refractivity contribution in [3.63, 3.8) is 0 Å². The Morgan fingerprint density at radius 1 is 0.657 bits per heavy atom. The number of hydrogen-bond donors (Lipinski definition) is 0. The molecule has 0 aliphatic heterocycles. The van der Waals surface area contributed by atoms with E-state index < -0.39 is 0 Å². The van der Waals surface area contributed by atoms with Crippen LogP contribution in [0.4, 0.5) is 0 Å². The van der Waals surface area contributed by atoms with Crippen LogP contribution >= 0.6 is 0 Å². The Bertz CT molecular complexity index is 1070. The fourth-order valence-corrected chi connectivity index (χ4v) is 4.90. The van der Waals surface area contributed by atoms with E-state index in [-0.39, 0.29) is 64.4 Å². The molecule has 0 bridgehead atoms. The number of unbranched alkanes of at least 4 members (excludes halogenated alkanes) is 1. The Balaban J connectivity index is 0.00000289. The average Bonchev–Trinajstić information content (AvgIpc) is 3.22. The predicted octanol–water partition coefficient (Wildman–Crippen LogP) is -0.934. The molecule has 4 heteroatoms. The van der Waals surface area contributed by atoms with Crippen LogP contribution < -0.4 is 37.2 Å². The molecule has 0 radical (unpaired) electrons. The molecule has 4 aromatic rings. The second-order valence-corrected chi connectivity index (χ2v) is 8.97. The summed E-state index contributed by atoms with van der Waals surface area (Å²) in [5, 5.41) is 0. The van der Waals surface area contributed by atoms with Gasteiger partial charge < -0.3 is 37.2 Å². The first-order chi connectivity index (χ1) is 15.0. The standard InChI is InChI=1S/C31H33.3ClH.Ti/c1-5-6-13-26-17-18-30(22-26)31(27-14-7-10-23(2)19-27,28-15-8-11-24(3)20-28)29-16-9-12-25(4)21-29;;;;/h7-12,14-22H,5-6,13H2,1-4H3;3*1H;/q-1;;;;+4/p-3. The fraction of sp³-hybridized carbons (Fsp3) is 0.258. The Hall–Kier alpha value is -1.41. The normalized spacial score (nSPS) is 10.3. The van der Waals surface area contributed by atoms with Crippen molar-refractivity contribution >= 4 is 0 Å². The molecule has 0 N–H and O–H groups in total. The molecule has 4 aromatic carbocycles. The second-order valence-electron chi connectivity index (χ2n) is 8.97. The quantitative estimate of drug-likeness (QED) is 0.156. The maximum Gasteiger partial charge on any atom is 4.00 e. The van der Waals surface area contributed by atoms with Gasteiger partial charge in [-0.25, -0.2) is 6.07 Å². The molecule has 0 aliphatic carbocycles. The third-order valence-electron chi connectivity index (χ3n) is 6.42. The van der Waals surface area contributed by atoms with E-state index in [1.807, 2.05) is 0 Å². The van der Waals surface area contributed by atoms with Gasteiger partial charge in [0.25, 0.3) is 0 Å². The zero-order valence-corrected chi connectivity index (χ0v) is 24.7. The van der Waals surface area contributed by atoms with Gasteiger partial charge >= 0.3 is 21.7 Å². The van der Waals surface area contributed by atoms with Gasteiger partial charge in [0.1, 0.15) is 0 Å². The van der Waals surface area contributed by atoms with Crippen LogP contribution in [-0.2, 0) is 33.6 Å². The summed E-state index contributed by atoms with van der Waals surface area (Å²) in [5.41, 5.74) is 10.3. The van der Waals surface area contributed by atoms with E-state index in [0.29, 0.717) is 0 Å². The van der Waals surface area contributed by atoms with Crippen LogP contribution in [0.2, 0.25) is 0 Å². The van der Waals surface area contributed by atoms with Crippen molar-refractivity contribution < 1.29 is 58.9 Å². The Morgan fingerprint density at radius 3 is 1.46 bits per heavy atom. The smallest absolute Gasteiger partial charge is 1.00 e. The number of hydrogen-bond acceptors (Lipinski definition) is 0. The molecule has 0 atom stereocenters. The van der Waals surface area contributed by atoms with Gasteiger partial charge in [-0.3, -0.25) is 0 Å². The first kappa shape index (κ1) is 33.6. The summed E-state index contributed by atoms with van der Waals surface area (Å²) in [7, 11) is 0. The molecule has 0 fully saturated rings. The molecule has 0 saturated heterocycles. The van der Waals surface area contributed by atoms with E-state index in [1.165, 1.54) is 57.3 Å². The van der Waals surface area contributed by atoms with Gasteiger partial charge in [-0.05, 0) is 37.5 Å². The SMILES string of the molecule is CCCCc1cc[c-](C(c2cccc(C)c2)(c2cccc(C)c2)c2cccc(C)c2)c1.[Cl-].[Cl-].[Cl-].[Ti+4]. The topological polar surface area (TPSA) is 0 Å². The molecule has 0 amide bonds. The molecule has 0 aromatic heterocycles. The van der Waals surface area contributed by atoms with E-state index in [9.17, 15) is 0 Å². The van der Waals surface area contributed by atoms with Gasteiger partial charge in [0.05, 0.1) is 0 Å². The summed E-state index contributed by atoms with van der Waals surface area (Å²) in [5.74, 6) is 0. The van der Waals surface area contributed by atoms with Crippen LogP contribution in [0.15, 0.2) is 91.0 Å². The molecule has 4 rings (SSSR count). The first-order valence-corrected chi connectivity index (χ1v) is 11.5. The van der Waals surface area contributed by atoms with Gasteiger partial charge in [-0.1, -0.05) is 116 Å². The van der Waals surface area contributed by atoms with Crippen LogP contribution in [0.5, 0.6) is 0 Å². The molecule has 35 heavy (non-hydrogen) atoms. The van der Waals surface area contributed by atoms with Gasteiger partial charge in [0.2, 0.25) is 0 Å². The Kier molecular flexibility index (Phi) is 14.4. The maximum atomic E-state index is 2.45. The van der Waals surface area contributed by atoms with Crippen molar-refractivity contribution in [1.82, 2.24) is 0 Å². The summed E-state index contributed by atoms with van der Waals surface area (Å²) in [4.78, 5) is 0. The molecule has 0 spiro atoms. The summed E-state index contributed by atoms with van der Waals surface area (Å²) < 4.78 is 0. The zero-order valence-electron chi connectivity index (χ0n) is 20.9. The predicted molar refractivity (Wildman–Crippen MR) is 133 cm³/mol. The van der Waals surface area contributed by atoms with Crippen molar-refractivity contribution in [2.75, 3.05) is 0 Å². The third-order valence-corrected chi connectivity index (χ3v) is 6.42. The zero-order chi connectivity index (χ0) is 21.8. The molecule has 0 heterocycles. The Morgan fingerprint density at radius 2 is 1.09 bits per heavy atom. The Labute approximate surface area is 245 Å². The van der Waals surface area contributed by atoms with Crippen LogP contribution in [-0.4, -0.2) is 0 Å². The van der Waals surface area contributed by atoms with E-state index in [0.717, 1.165) is 6.42 Å². The van der Waals surface area contributed by atoms with E-state index in [4.69, 9.17) is 0 Å². The van der Waals surface area contributed by atoms with Crippen LogP contribution in [0.1, 0.15) is 64.3 Å². The van der Waals surface area contributed by atoms with Gasteiger partial charge in [-0.15, -0.1) is 5.56 Å². The van der Waals surface area contributed by atoms with E-state index in [1.54, 1.807) is 0 Å². The monoisotopic (exact) mass is 558 g/mol. The maximum absolute atomic E-state index is 2.45. The second kappa shape index (κ2) is 15.0. The summed E-state index contributed by atoms with van der Waals surface area (Å²) in [6.07, 6.45) is 3.59. The molecule has 0 nitrogen and oxygen atoms in total. The van der Waals surface area contributed by atoms with E-state index in [2.05, 4.69) is 119 Å².